The molecule has 0 atom stereocenters. The van der Waals surface area contributed by atoms with E-state index < -0.39 is 0 Å². The van der Waals surface area contributed by atoms with Crippen LogP contribution in [0.5, 0.6) is 11.5 Å². The second-order valence-electron chi connectivity index (χ2n) is 6.83. The Morgan fingerprint density at radius 2 is 2.03 bits per heavy atom. The van der Waals surface area contributed by atoms with E-state index in [0.717, 1.165) is 49.6 Å². The molecule has 0 unspecified atom stereocenters. The second-order valence-corrected chi connectivity index (χ2v) is 7.89. The fraction of sp³-hybridized carbons (Fsp3) is 0.550. The number of aromatic nitrogens is 3. The number of nitrogens with one attached hydrogen (secondary N) is 1. The molecule has 1 aromatic heterocycles. The minimum Gasteiger partial charge on any atom is -0.497 e. The molecule has 30 heavy (non-hydrogen) atoms. The number of benzene rings is 1. The lowest BCUT2D eigenvalue weighted by Gasteiger charge is -2.26. The van der Waals surface area contributed by atoms with Gasteiger partial charge in [-0.1, -0.05) is 11.8 Å². The van der Waals surface area contributed by atoms with Gasteiger partial charge in [0.25, 0.3) is 5.91 Å². The minimum absolute atomic E-state index is 0.215. The molecule has 0 spiro atoms. The molecule has 0 radical (unpaired) electrons. The number of hydrogen-bond donors (Lipinski definition) is 1. The van der Waals surface area contributed by atoms with E-state index in [1.165, 1.54) is 7.11 Å². The van der Waals surface area contributed by atoms with Crippen LogP contribution in [0.3, 0.4) is 0 Å². The molecule has 2 heterocycles. The third-order valence-electron chi connectivity index (χ3n) is 4.95. The molecule has 9 nitrogen and oxygen atoms in total. The lowest BCUT2D eigenvalue weighted by Crippen LogP contribution is -2.37. The Bertz CT molecular complexity index is 839. The normalized spacial score (nSPS) is 14.5. The number of carbonyl (C=O) groups excluding carboxylic acids is 1. The molecule has 1 N–H and O–H groups in total. The van der Waals surface area contributed by atoms with E-state index in [4.69, 9.17) is 14.2 Å². The van der Waals surface area contributed by atoms with Crippen molar-refractivity contribution in [1.29, 1.82) is 0 Å². The monoisotopic (exact) mass is 435 g/mol. The third-order valence-corrected chi connectivity index (χ3v) is 5.95. The van der Waals surface area contributed by atoms with Gasteiger partial charge in [-0.3, -0.25) is 9.69 Å². The van der Waals surface area contributed by atoms with Gasteiger partial charge in [0.2, 0.25) is 0 Å². The van der Waals surface area contributed by atoms with Crippen LogP contribution >= 0.6 is 11.8 Å². The molecule has 1 aliphatic heterocycles. The van der Waals surface area contributed by atoms with Crippen LogP contribution in [0.25, 0.3) is 0 Å². The van der Waals surface area contributed by atoms with Crippen molar-refractivity contribution in [2.24, 2.45) is 7.05 Å². The number of hydrogen-bond acceptors (Lipinski definition) is 8. The van der Waals surface area contributed by atoms with E-state index in [0.29, 0.717) is 30.0 Å². The summed E-state index contributed by atoms with van der Waals surface area (Å²) in [6.07, 6.45) is 0.589. The average Bonchev–Trinajstić information content (AvgIpc) is 3.13. The van der Waals surface area contributed by atoms with Gasteiger partial charge in [0.05, 0.1) is 33.0 Å². The first-order valence-electron chi connectivity index (χ1n) is 9.93. The van der Waals surface area contributed by atoms with Crippen LogP contribution in [0.15, 0.2) is 23.4 Å². The van der Waals surface area contributed by atoms with Gasteiger partial charge in [0.15, 0.2) is 5.16 Å². The molecule has 0 bridgehead atoms. The number of amides is 1. The number of nitrogens with zero attached hydrogens (tertiary/aromatic N) is 4. The predicted molar refractivity (Wildman–Crippen MR) is 115 cm³/mol. The highest BCUT2D eigenvalue weighted by atomic mass is 32.2. The summed E-state index contributed by atoms with van der Waals surface area (Å²) in [5, 5.41) is 12.4. The lowest BCUT2D eigenvalue weighted by molar-refractivity contribution is 0.0410. The largest absolute Gasteiger partial charge is 0.497 e. The zero-order chi connectivity index (χ0) is 21.3. The van der Waals surface area contributed by atoms with Crippen molar-refractivity contribution in [3.05, 3.63) is 29.6 Å². The molecule has 1 aliphatic rings. The highest BCUT2D eigenvalue weighted by Gasteiger charge is 2.15. The van der Waals surface area contributed by atoms with E-state index >= 15 is 0 Å². The molecular weight excluding hydrogens is 406 g/mol. The fourth-order valence-electron chi connectivity index (χ4n) is 3.15. The zero-order valence-electron chi connectivity index (χ0n) is 17.7. The number of carbonyl (C=O) groups is 1. The Labute approximate surface area is 181 Å². The van der Waals surface area contributed by atoms with Gasteiger partial charge in [0.1, 0.15) is 17.3 Å². The maximum Gasteiger partial charge on any atom is 0.255 e. The van der Waals surface area contributed by atoms with Gasteiger partial charge in [-0.05, 0) is 18.2 Å². The number of rotatable bonds is 10. The summed E-state index contributed by atoms with van der Waals surface area (Å²) < 4.78 is 17.8. The van der Waals surface area contributed by atoms with E-state index in [2.05, 4.69) is 20.4 Å². The van der Waals surface area contributed by atoms with Crippen LogP contribution in [0.4, 0.5) is 0 Å². The molecule has 1 fully saturated rings. The van der Waals surface area contributed by atoms with Crippen molar-refractivity contribution in [1.82, 2.24) is 25.0 Å². The molecule has 1 aromatic carbocycles. The van der Waals surface area contributed by atoms with Gasteiger partial charge < -0.3 is 24.1 Å². The maximum atomic E-state index is 12.6. The number of ether oxygens (including phenoxy) is 3. The highest BCUT2D eigenvalue weighted by Crippen LogP contribution is 2.23. The summed E-state index contributed by atoms with van der Waals surface area (Å²) in [6.45, 7) is 5.06. The number of methoxy groups -OCH3 is 2. The van der Waals surface area contributed by atoms with Crippen LogP contribution in [-0.4, -0.2) is 84.9 Å². The van der Waals surface area contributed by atoms with Gasteiger partial charge in [-0.2, -0.15) is 0 Å². The van der Waals surface area contributed by atoms with Crippen LogP contribution in [-0.2, 0) is 18.2 Å². The number of morpholine rings is 1. The van der Waals surface area contributed by atoms with Crippen LogP contribution < -0.4 is 14.8 Å². The topological polar surface area (TPSA) is 90.7 Å². The lowest BCUT2D eigenvalue weighted by atomic mass is 10.1. The summed E-state index contributed by atoms with van der Waals surface area (Å²) in [4.78, 5) is 15.0. The summed E-state index contributed by atoms with van der Waals surface area (Å²) in [5.41, 5.74) is 0.439. The first-order chi connectivity index (χ1) is 14.6. The van der Waals surface area contributed by atoms with Gasteiger partial charge >= 0.3 is 0 Å². The molecule has 3 rings (SSSR count). The SMILES string of the molecule is COc1ccc(OC)c(C(=O)NCCc2nnc(SCCN3CCOCC3)n2C)c1. The smallest absolute Gasteiger partial charge is 0.255 e. The molecule has 164 valence electrons. The van der Waals surface area contributed by atoms with Crippen LogP contribution in [0.1, 0.15) is 16.2 Å². The van der Waals surface area contributed by atoms with Crippen LogP contribution in [0.2, 0.25) is 0 Å². The first-order valence-corrected chi connectivity index (χ1v) is 10.9. The Hall–Kier alpha value is -2.30. The Morgan fingerprint density at radius 3 is 2.77 bits per heavy atom. The summed E-state index contributed by atoms with van der Waals surface area (Å²) in [6, 6.07) is 5.14. The molecule has 2 aromatic rings. The van der Waals surface area contributed by atoms with Crippen LogP contribution in [0, 0.1) is 0 Å². The standard InChI is InChI=1S/C20H29N5O4S/c1-24-18(22-23-20(24)30-13-10-25-8-11-29-12-9-25)6-7-21-19(26)16-14-15(27-2)4-5-17(16)28-3/h4-5,14H,6-13H2,1-3H3,(H,21,26). The number of thioether (sulfide) groups is 1. The van der Waals surface area contributed by atoms with Gasteiger partial charge in [0, 0.05) is 45.4 Å². The van der Waals surface area contributed by atoms with Crippen molar-refractivity contribution in [3.63, 3.8) is 0 Å². The third kappa shape index (κ3) is 5.87. The molecule has 1 saturated heterocycles. The van der Waals surface area contributed by atoms with E-state index in [1.807, 2.05) is 11.6 Å². The fourth-order valence-corrected chi connectivity index (χ4v) is 4.08. The van der Waals surface area contributed by atoms with E-state index in [1.54, 1.807) is 37.1 Å². The quantitative estimate of drug-likeness (QED) is 0.558. The van der Waals surface area contributed by atoms with Crippen molar-refractivity contribution < 1.29 is 19.0 Å². The zero-order valence-corrected chi connectivity index (χ0v) is 18.5. The Kier molecular flexibility index (Phi) is 8.35. The molecule has 0 aliphatic carbocycles. The summed E-state index contributed by atoms with van der Waals surface area (Å²) >= 11 is 1.70. The molecule has 1 amide bonds. The summed E-state index contributed by atoms with van der Waals surface area (Å²) in [7, 11) is 5.06. The van der Waals surface area contributed by atoms with Gasteiger partial charge in [-0.15, -0.1) is 10.2 Å². The minimum atomic E-state index is -0.215. The predicted octanol–water partition coefficient (Wildman–Crippen LogP) is 1.23. The Morgan fingerprint density at radius 1 is 1.23 bits per heavy atom. The van der Waals surface area contributed by atoms with E-state index in [9.17, 15) is 4.79 Å². The van der Waals surface area contributed by atoms with Crippen molar-refractivity contribution in [2.45, 2.75) is 11.6 Å². The summed E-state index contributed by atoms with van der Waals surface area (Å²) in [5.74, 6) is 2.69. The average molecular weight is 436 g/mol. The molecular formula is C20H29N5O4S. The Balaban J connectivity index is 1.47. The van der Waals surface area contributed by atoms with Crippen molar-refractivity contribution >= 4 is 17.7 Å². The first kappa shape index (κ1) is 22.4. The molecule has 0 saturated carbocycles. The van der Waals surface area contributed by atoms with Gasteiger partial charge in [-0.25, -0.2) is 0 Å². The second kappa shape index (κ2) is 11.2. The maximum absolute atomic E-state index is 12.6. The van der Waals surface area contributed by atoms with Crippen molar-refractivity contribution in [2.75, 3.05) is 59.4 Å². The molecule has 10 heteroatoms. The van der Waals surface area contributed by atoms with Crippen molar-refractivity contribution in [3.8, 4) is 11.5 Å². The van der Waals surface area contributed by atoms with E-state index in [-0.39, 0.29) is 5.91 Å². The highest BCUT2D eigenvalue weighted by molar-refractivity contribution is 7.99.